The molecule has 0 fully saturated rings. The molecule has 2 nitrogen and oxygen atoms in total. The Labute approximate surface area is 68.0 Å². The van der Waals surface area contributed by atoms with E-state index < -0.39 is 0 Å². The van der Waals surface area contributed by atoms with Crippen LogP contribution in [0.4, 0.5) is 0 Å². The van der Waals surface area contributed by atoms with E-state index in [1.165, 1.54) is 5.56 Å². The van der Waals surface area contributed by atoms with Gasteiger partial charge in [0.25, 0.3) is 0 Å². The molecule has 0 amide bonds. The summed E-state index contributed by atoms with van der Waals surface area (Å²) in [5.41, 5.74) is 1.31. The molecule has 0 aliphatic rings. The van der Waals surface area contributed by atoms with Crippen molar-refractivity contribution in [2.45, 2.75) is 27.2 Å². The predicted octanol–water partition coefficient (Wildman–Crippen LogP) is 2.24. The highest BCUT2D eigenvalue weighted by molar-refractivity contribution is 5.03. The van der Waals surface area contributed by atoms with Gasteiger partial charge in [0, 0.05) is 6.20 Å². The summed E-state index contributed by atoms with van der Waals surface area (Å²) in [6, 6.07) is 0. The summed E-state index contributed by atoms with van der Waals surface area (Å²) in [6.45, 7) is 6.78. The van der Waals surface area contributed by atoms with Crippen LogP contribution in [0.1, 0.15) is 26.3 Å². The quantitative estimate of drug-likeness (QED) is 0.707. The third-order valence-electron chi connectivity index (χ3n) is 2.25. The van der Waals surface area contributed by atoms with Crippen LogP contribution >= 0.6 is 0 Å². The van der Waals surface area contributed by atoms with Gasteiger partial charge in [-0.15, -0.1) is 0 Å². The third-order valence-corrected chi connectivity index (χ3v) is 2.25. The van der Waals surface area contributed by atoms with Gasteiger partial charge < -0.3 is 0 Å². The molecule has 1 N–H and O–H groups in total. The van der Waals surface area contributed by atoms with Gasteiger partial charge in [0.15, 0.2) is 0 Å². The van der Waals surface area contributed by atoms with E-state index in [0.717, 1.165) is 18.3 Å². The van der Waals surface area contributed by atoms with E-state index in [4.69, 9.17) is 0 Å². The van der Waals surface area contributed by atoms with Gasteiger partial charge in [0.05, 0.1) is 6.20 Å². The predicted molar refractivity (Wildman–Crippen MR) is 46.3 cm³/mol. The van der Waals surface area contributed by atoms with E-state index in [1.807, 2.05) is 12.4 Å². The second-order valence-corrected chi connectivity index (χ2v) is 3.53. The van der Waals surface area contributed by atoms with E-state index >= 15 is 0 Å². The molecule has 0 spiro atoms. The minimum Gasteiger partial charge on any atom is -0.285 e. The number of rotatable bonds is 3. The molecule has 0 aromatic carbocycles. The number of H-pyrrole nitrogens is 1. The zero-order valence-corrected chi connectivity index (χ0v) is 7.46. The SMILES string of the molecule is CC(C)C(C)Cc1cn[nH]c1. The normalized spacial score (nSPS) is 13.8. The Hall–Kier alpha value is -0.790. The first-order valence-corrected chi connectivity index (χ1v) is 4.18. The van der Waals surface area contributed by atoms with Crippen LogP contribution in [0, 0.1) is 11.8 Å². The average Bonchev–Trinajstić information content (AvgIpc) is 2.39. The Bertz CT molecular complexity index is 189. The minimum absolute atomic E-state index is 0.743. The van der Waals surface area contributed by atoms with Gasteiger partial charge in [0.2, 0.25) is 0 Å². The Balaban J connectivity index is 2.43. The lowest BCUT2D eigenvalue weighted by atomic mass is 9.92. The highest BCUT2D eigenvalue weighted by Crippen LogP contribution is 2.14. The molecule has 1 heterocycles. The van der Waals surface area contributed by atoms with Crippen molar-refractivity contribution in [1.82, 2.24) is 10.2 Å². The van der Waals surface area contributed by atoms with Crippen molar-refractivity contribution in [2.24, 2.45) is 11.8 Å². The van der Waals surface area contributed by atoms with Gasteiger partial charge in [-0.2, -0.15) is 5.10 Å². The van der Waals surface area contributed by atoms with Crippen LogP contribution < -0.4 is 0 Å². The van der Waals surface area contributed by atoms with E-state index in [-0.39, 0.29) is 0 Å². The van der Waals surface area contributed by atoms with Gasteiger partial charge in [0.1, 0.15) is 0 Å². The summed E-state index contributed by atoms with van der Waals surface area (Å²) in [5, 5.41) is 6.73. The van der Waals surface area contributed by atoms with Crippen LogP contribution in [0.5, 0.6) is 0 Å². The molecule has 11 heavy (non-hydrogen) atoms. The molecular formula is C9H16N2. The molecule has 0 radical (unpaired) electrons. The summed E-state index contributed by atoms with van der Waals surface area (Å²) in [7, 11) is 0. The smallest absolute Gasteiger partial charge is 0.0519 e. The maximum atomic E-state index is 3.91. The van der Waals surface area contributed by atoms with Crippen LogP contribution in [-0.4, -0.2) is 10.2 Å². The molecule has 0 aliphatic carbocycles. The van der Waals surface area contributed by atoms with Gasteiger partial charge in [-0.1, -0.05) is 20.8 Å². The van der Waals surface area contributed by atoms with Gasteiger partial charge in [-0.25, -0.2) is 0 Å². The third kappa shape index (κ3) is 2.37. The molecule has 0 saturated heterocycles. The number of aromatic amines is 1. The fraction of sp³-hybridized carbons (Fsp3) is 0.667. The highest BCUT2D eigenvalue weighted by Gasteiger charge is 2.07. The molecule has 1 unspecified atom stereocenters. The van der Waals surface area contributed by atoms with Gasteiger partial charge in [-0.05, 0) is 23.8 Å². The second kappa shape index (κ2) is 3.56. The summed E-state index contributed by atoms with van der Waals surface area (Å²) >= 11 is 0. The van der Waals surface area contributed by atoms with Crippen molar-refractivity contribution >= 4 is 0 Å². The van der Waals surface area contributed by atoms with Crippen molar-refractivity contribution < 1.29 is 0 Å². The molecular weight excluding hydrogens is 136 g/mol. The monoisotopic (exact) mass is 152 g/mol. The highest BCUT2D eigenvalue weighted by atomic mass is 15.1. The van der Waals surface area contributed by atoms with Crippen LogP contribution in [0.25, 0.3) is 0 Å². The molecule has 0 aliphatic heterocycles. The first kappa shape index (κ1) is 8.31. The summed E-state index contributed by atoms with van der Waals surface area (Å²) in [5.74, 6) is 1.50. The number of hydrogen-bond donors (Lipinski definition) is 1. The van der Waals surface area contributed by atoms with Crippen molar-refractivity contribution in [3.63, 3.8) is 0 Å². The summed E-state index contributed by atoms with van der Waals surface area (Å²) in [6.07, 6.45) is 5.01. The number of hydrogen-bond acceptors (Lipinski definition) is 1. The topological polar surface area (TPSA) is 28.7 Å². The molecule has 62 valence electrons. The molecule has 1 aromatic heterocycles. The Morgan fingerprint density at radius 2 is 2.18 bits per heavy atom. The second-order valence-electron chi connectivity index (χ2n) is 3.53. The van der Waals surface area contributed by atoms with Crippen LogP contribution in [-0.2, 0) is 6.42 Å². The fourth-order valence-corrected chi connectivity index (χ4v) is 0.997. The minimum atomic E-state index is 0.743. The maximum absolute atomic E-state index is 3.91. The lowest BCUT2D eigenvalue weighted by molar-refractivity contribution is 0.417. The number of nitrogens with zero attached hydrogens (tertiary/aromatic N) is 1. The average molecular weight is 152 g/mol. The number of aromatic nitrogens is 2. The molecule has 1 aromatic rings. The standard InChI is InChI=1S/C9H16N2/c1-7(2)8(3)4-9-5-10-11-6-9/h5-8H,4H2,1-3H3,(H,10,11). The van der Waals surface area contributed by atoms with Crippen LogP contribution in [0.3, 0.4) is 0 Å². The first-order valence-electron chi connectivity index (χ1n) is 4.18. The fourth-order valence-electron chi connectivity index (χ4n) is 0.997. The van der Waals surface area contributed by atoms with Crippen molar-refractivity contribution in [3.05, 3.63) is 18.0 Å². The molecule has 1 atom stereocenters. The van der Waals surface area contributed by atoms with Gasteiger partial charge in [-0.3, -0.25) is 5.10 Å². The van der Waals surface area contributed by atoms with E-state index in [0.29, 0.717) is 0 Å². The molecule has 2 heteroatoms. The van der Waals surface area contributed by atoms with Crippen molar-refractivity contribution in [3.8, 4) is 0 Å². The van der Waals surface area contributed by atoms with Crippen molar-refractivity contribution in [2.75, 3.05) is 0 Å². The Morgan fingerprint density at radius 3 is 2.64 bits per heavy atom. The molecule has 0 saturated carbocycles. The maximum Gasteiger partial charge on any atom is 0.0519 e. The lowest BCUT2D eigenvalue weighted by Gasteiger charge is -2.13. The lowest BCUT2D eigenvalue weighted by Crippen LogP contribution is -2.06. The van der Waals surface area contributed by atoms with Crippen LogP contribution in [0.15, 0.2) is 12.4 Å². The van der Waals surface area contributed by atoms with E-state index in [9.17, 15) is 0 Å². The molecule has 1 rings (SSSR count). The van der Waals surface area contributed by atoms with E-state index in [1.54, 1.807) is 0 Å². The number of nitrogens with one attached hydrogen (secondary N) is 1. The van der Waals surface area contributed by atoms with Crippen molar-refractivity contribution in [1.29, 1.82) is 0 Å². The largest absolute Gasteiger partial charge is 0.285 e. The van der Waals surface area contributed by atoms with Gasteiger partial charge >= 0.3 is 0 Å². The molecule has 0 bridgehead atoms. The summed E-state index contributed by atoms with van der Waals surface area (Å²) in [4.78, 5) is 0. The first-order chi connectivity index (χ1) is 5.20. The zero-order chi connectivity index (χ0) is 8.27. The Kier molecular flexibility index (Phi) is 2.69. The van der Waals surface area contributed by atoms with E-state index in [2.05, 4.69) is 31.0 Å². The van der Waals surface area contributed by atoms with Crippen LogP contribution in [0.2, 0.25) is 0 Å². The zero-order valence-electron chi connectivity index (χ0n) is 7.46. The Morgan fingerprint density at radius 1 is 1.45 bits per heavy atom. The summed E-state index contributed by atoms with van der Waals surface area (Å²) < 4.78 is 0.